The van der Waals surface area contributed by atoms with Crippen molar-refractivity contribution in [2.45, 2.75) is 32.1 Å². The van der Waals surface area contributed by atoms with Gasteiger partial charge < -0.3 is 10.0 Å². The number of aliphatic carboxylic acids is 1. The molecule has 1 saturated heterocycles. The second kappa shape index (κ2) is 4.55. The molecule has 1 aromatic heterocycles. The molecule has 0 bridgehead atoms. The maximum atomic E-state index is 11.1. The van der Waals surface area contributed by atoms with Crippen LogP contribution >= 0.6 is 0 Å². The van der Waals surface area contributed by atoms with Gasteiger partial charge in [0, 0.05) is 24.3 Å². The number of aryl methyl sites for hydroxylation is 1. The smallest absolute Gasteiger partial charge is 0.308 e. The highest BCUT2D eigenvalue weighted by molar-refractivity contribution is 5.71. The second-order valence-corrected chi connectivity index (χ2v) is 5.10. The average molecular weight is 247 g/mol. The zero-order chi connectivity index (χ0) is 12.5. The third-order valence-electron chi connectivity index (χ3n) is 3.92. The molecule has 0 unspecified atom stereocenters. The highest BCUT2D eigenvalue weighted by Gasteiger charge is 2.28. The summed E-state index contributed by atoms with van der Waals surface area (Å²) < 4.78 is 0. The van der Waals surface area contributed by atoms with E-state index in [4.69, 9.17) is 5.11 Å². The molecule has 0 amide bonds. The van der Waals surface area contributed by atoms with Gasteiger partial charge in [-0.1, -0.05) is 0 Å². The lowest BCUT2D eigenvalue weighted by Gasteiger charge is -2.32. The number of carboxylic acid groups (broad SMARTS) is 1. The molecule has 3 rings (SSSR count). The molecule has 1 aliphatic heterocycles. The Kier molecular flexibility index (Phi) is 2.89. The first-order chi connectivity index (χ1) is 8.75. The molecule has 1 N–H and O–H groups in total. The third-order valence-corrected chi connectivity index (χ3v) is 3.92. The number of piperidine rings is 1. The van der Waals surface area contributed by atoms with E-state index < -0.39 is 5.97 Å². The number of carbonyl (C=O) groups is 1. The summed E-state index contributed by atoms with van der Waals surface area (Å²) in [4.78, 5) is 21.9. The highest BCUT2D eigenvalue weighted by atomic mass is 16.4. The number of anilines is 1. The first kappa shape index (κ1) is 11.4. The van der Waals surface area contributed by atoms with Crippen LogP contribution in [0.1, 0.15) is 30.5 Å². The maximum Gasteiger partial charge on any atom is 0.308 e. The summed E-state index contributed by atoms with van der Waals surface area (Å²) >= 11 is 0. The van der Waals surface area contributed by atoms with Crippen LogP contribution in [0.3, 0.4) is 0 Å². The van der Waals surface area contributed by atoms with Crippen LogP contribution in [0, 0.1) is 5.92 Å². The fourth-order valence-corrected chi connectivity index (χ4v) is 2.99. The van der Waals surface area contributed by atoms with E-state index in [0.717, 1.165) is 50.2 Å². The SMILES string of the molecule is O=C(O)[C@H]1CCCN(c2ncnc3c2CCC3)C1. The van der Waals surface area contributed by atoms with Gasteiger partial charge in [-0.2, -0.15) is 0 Å². The molecule has 0 radical (unpaired) electrons. The number of fused-ring (bicyclic) bond motifs is 1. The Balaban J connectivity index is 1.86. The van der Waals surface area contributed by atoms with Crippen LogP contribution in [0.25, 0.3) is 0 Å². The summed E-state index contributed by atoms with van der Waals surface area (Å²) in [5.74, 6) is 0.0274. The lowest BCUT2D eigenvalue weighted by molar-refractivity contribution is -0.141. The van der Waals surface area contributed by atoms with Crippen LogP contribution in [0.2, 0.25) is 0 Å². The monoisotopic (exact) mass is 247 g/mol. The quantitative estimate of drug-likeness (QED) is 0.852. The molecular formula is C13H17N3O2. The predicted molar refractivity (Wildman–Crippen MR) is 66.6 cm³/mol. The van der Waals surface area contributed by atoms with E-state index in [9.17, 15) is 4.79 Å². The van der Waals surface area contributed by atoms with Crippen LogP contribution in [0.4, 0.5) is 5.82 Å². The van der Waals surface area contributed by atoms with Crippen molar-refractivity contribution in [3.8, 4) is 0 Å². The number of rotatable bonds is 2. The van der Waals surface area contributed by atoms with Crippen LogP contribution in [-0.4, -0.2) is 34.1 Å². The van der Waals surface area contributed by atoms with E-state index in [2.05, 4.69) is 14.9 Å². The summed E-state index contributed by atoms with van der Waals surface area (Å²) in [6, 6.07) is 0. The lowest BCUT2D eigenvalue weighted by atomic mass is 9.98. The third kappa shape index (κ3) is 1.94. The van der Waals surface area contributed by atoms with E-state index >= 15 is 0 Å². The molecule has 96 valence electrons. The normalized spacial score (nSPS) is 22.9. The van der Waals surface area contributed by atoms with Crippen molar-refractivity contribution in [2.24, 2.45) is 5.92 Å². The van der Waals surface area contributed by atoms with E-state index in [1.807, 2.05) is 0 Å². The van der Waals surface area contributed by atoms with Crippen molar-refractivity contribution in [1.82, 2.24) is 9.97 Å². The molecule has 1 atom stereocenters. The number of aromatic nitrogens is 2. The minimum atomic E-state index is -0.689. The largest absolute Gasteiger partial charge is 0.481 e. The Labute approximate surface area is 106 Å². The van der Waals surface area contributed by atoms with Gasteiger partial charge in [0.05, 0.1) is 5.92 Å². The predicted octanol–water partition coefficient (Wildman–Crippen LogP) is 1.27. The van der Waals surface area contributed by atoms with Gasteiger partial charge >= 0.3 is 5.97 Å². The van der Waals surface area contributed by atoms with E-state index in [0.29, 0.717) is 6.54 Å². The van der Waals surface area contributed by atoms with Gasteiger partial charge in [-0.05, 0) is 32.1 Å². The molecule has 2 aliphatic rings. The molecule has 5 heteroatoms. The Morgan fingerprint density at radius 1 is 1.33 bits per heavy atom. The summed E-state index contributed by atoms with van der Waals surface area (Å²) in [6.45, 7) is 1.49. The topological polar surface area (TPSA) is 66.3 Å². The zero-order valence-electron chi connectivity index (χ0n) is 10.3. The Hall–Kier alpha value is -1.65. The Morgan fingerprint density at radius 2 is 2.22 bits per heavy atom. The number of nitrogens with zero attached hydrogens (tertiary/aromatic N) is 3. The second-order valence-electron chi connectivity index (χ2n) is 5.10. The van der Waals surface area contributed by atoms with Gasteiger partial charge in [-0.15, -0.1) is 0 Å². The van der Waals surface area contributed by atoms with Gasteiger partial charge in [0.1, 0.15) is 12.1 Å². The van der Waals surface area contributed by atoms with Gasteiger partial charge in [-0.3, -0.25) is 4.79 Å². The molecule has 0 spiro atoms. The molecule has 1 aliphatic carbocycles. The molecule has 18 heavy (non-hydrogen) atoms. The molecule has 0 aromatic carbocycles. The lowest BCUT2D eigenvalue weighted by Crippen LogP contribution is -2.39. The van der Waals surface area contributed by atoms with Crippen molar-refractivity contribution in [3.05, 3.63) is 17.6 Å². The Bertz CT molecular complexity index is 475. The minimum Gasteiger partial charge on any atom is -0.481 e. The molecule has 5 nitrogen and oxygen atoms in total. The fourth-order valence-electron chi connectivity index (χ4n) is 2.99. The van der Waals surface area contributed by atoms with Crippen molar-refractivity contribution in [1.29, 1.82) is 0 Å². The summed E-state index contributed by atoms with van der Waals surface area (Å²) in [5, 5.41) is 9.14. The standard InChI is InChI=1S/C13H17N3O2/c17-13(18)9-3-2-6-16(7-9)12-10-4-1-5-11(10)14-8-15-12/h8-9H,1-7H2,(H,17,18)/t9-/m0/s1. The minimum absolute atomic E-state index is 0.259. The molecule has 0 saturated carbocycles. The van der Waals surface area contributed by atoms with Crippen molar-refractivity contribution < 1.29 is 9.90 Å². The van der Waals surface area contributed by atoms with Crippen LogP contribution in [0.15, 0.2) is 6.33 Å². The van der Waals surface area contributed by atoms with Crippen LogP contribution < -0.4 is 4.90 Å². The number of hydrogen-bond donors (Lipinski definition) is 1. The molecular weight excluding hydrogens is 230 g/mol. The summed E-state index contributed by atoms with van der Waals surface area (Å²) in [6.07, 6.45) is 6.51. The highest BCUT2D eigenvalue weighted by Crippen LogP contribution is 2.30. The molecule has 1 aromatic rings. The first-order valence-corrected chi connectivity index (χ1v) is 6.56. The molecule has 1 fully saturated rings. The van der Waals surface area contributed by atoms with Crippen LogP contribution in [-0.2, 0) is 17.6 Å². The first-order valence-electron chi connectivity index (χ1n) is 6.56. The van der Waals surface area contributed by atoms with Gasteiger partial charge in [0.25, 0.3) is 0 Å². The van der Waals surface area contributed by atoms with Gasteiger partial charge in [0.2, 0.25) is 0 Å². The van der Waals surface area contributed by atoms with Crippen molar-refractivity contribution in [3.63, 3.8) is 0 Å². The summed E-state index contributed by atoms with van der Waals surface area (Å²) in [5.41, 5.74) is 2.39. The molecule has 2 heterocycles. The van der Waals surface area contributed by atoms with Crippen molar-refractivity contribution >= 4 is 11.8 Å². The average Bonchev–Trinajstić information content (AvgIpc) is 2.87. The van der Waals surface area contributed by atoms with E-state index in [-0.39, 0.29) is 5.92 Å². The zero-order valence-corrected chi connectivity index (χ0v) is 10.3. The van der Waals surface area contributed by atoms with E-state index in [1.165, 1.54) is 5.56 Å². The van der Waals surface area contributed by atoms with Crippen LogP contribution in [0.5, 0.6) is 0 Å². The van der Waals surface area contributed by atoms with Gasteiger partial charge in [0.15, 0.2) is 0 Å². The van der Waals surface area contributed by atoms with E-state index in [1.54, 1.807) is 6.33 Å². The number of hydrogen-bond acceptors (Lipinski definition) is 4. The number of carboxylic acids is 1. The van der Waals surface area contributed by atoms with Gasteiger partial charge in [-0.25, -0.2) is 9.97 Å². The maximum absolute atomic E-state index is 11.1. The fraction of sp³-hybridized carbons (Fsp3) is 0.615. The summed E-state index contributed by atoms with van der Waals surface area (Å²) in [7, 11) is 0. The Morgan fingerprint density at radius 3 is 3.06 bits per heavy atom. The van der Waals surface area contributed by atoms with Crippen molar-refractivity contribution in [2.75, 3.05) is 18.0 Å².